The largest absolute Gasteiger partial charge is 0.416 e. The second-order valence-corrected chi connectivity index (χ2v) is 5.68. The van der Waals surface area contributed by atoms with Crippen LogP contribution >= 0.6 is 11.3 Å². The van der Waals surface area contributed by atoms with Crippen molar-refractivity contribution in [1.29, 1.82) is 0 Å². The molecular weight excluding hydrogens is 292 g/mol. The van der Waals surface area contributed by atoms with Crippen LogP contribution < -0.4 is 5.73 Å². The molecule has 2 nitrogen and oxygen atoms in total. The van der Waals surface area contributed by atoms with Crippen LogP contribution in [0.2, 0.25) is 0 Å². The first-order valence-corrected chi connectivity index (χ1v) is 6.57. The first-order chi connectivity index (χ1) is 9.18. The molecule has 1 aromatic heterocycles. The number of aryl methyl sites for hydroxylation is 2. The molecular formula is C13H12F4N2S. The maximum Gasteiger partial charge on any atom is 0.416 e. The van der Waals surface area contributed by atoms with Crippen molar-refractivity contribution in [3.63, 3.8) is 0 Å². The topological polar surface area (TPSA) is 38.9 Å². The molecule has 7 heteroatoms. The van der Waals surface area contributed by atoms with Gasteiger partial charge in [0.1, 0.15) is 10.8 Å². The zero-order valence-corrected chi connectivity index (χ0v) is 11.6. The van der Waals surface area contributed by atoms with E-state index in [-0.39, 0.29) is 5.56 Å². The normalized spacial score (nSPS) is 13.6. The van der Waals surface area contributed by atoms with Crippen LogP contribution in [0.3, 0.4) is 0 Å². The fraction of sp³-hybridized carbons (Fsp3) is 0.308. The van der Waals surface area contributed by atoms with Crippen LogP contribution in [0.25, 0.3) is 0 Å². The van der Waals surface area contributed by atoms with Crippen molar-refractivity contribution in [1.82, 2.24) is 4.98 Å². The van der Waals surface area contributed by atoms with Gasteiger partial charge in [0.05, 0.1) is 17.3 Å². The van der Waals surface area contributed by atoms with Gasteiger partial charge in [0.15, 0.2) is 0 Å². The first-order valence-electron chi connectivity index (χ1n) is 5.75. The minimum absolute atomic E-state index is 0.0612. The maximum absolute atomic E-state index is 13.3. The van der Waals surface area contributed by atoms with Crippen molar-refractivity contribution in [2.45, 2.75) is 26.1 Å². The number of hydrogen-bond acceptors (Lipinski definition) is 3. The predicted molar refractivity (Wildman–Crippen MR) is 69.0 cm³/mol. The van der Waals surface area contributed by atoms with Crippen molar-refractivity contribution in [3.8, 4) is 0 Å². The molecule has 2 rings (SSSR count). The summed E-state index contributed by atoms with van der Waals surface area (Å²) < 4.78 is 51.3. The third-order valence-electron chi connectivity index (χ3n) is 2.92. The Balaban J connectivity index is 2.44. The summed E-state index contributed by atoms with van der Waals surface area (Å²) in [6.45, 7) is 3.63. The fourth-order valence-corrected chi connectivity index (χ4v) is 2.68. The van der Waals surface area contributed by atoms with E-state index in [1.807, 2.05) is 6.92 Å². The van der Waals surface area contributed by atoms with E-state index in [0.29, 0.717) is 11.1 Å². The lowest BCUT2D eigenvalue weighted by atomic mass is 10.0. The zero-order valence-electron chi connectivity index (χ0n) is 10.8. The number of rotatable bonds is 2. The van der Waals surface area contributed by atoms with Gasteiger partial charge in [-0.25, -0.2) is 9.37 Å². The number of aromatic nitrogens is 1. The summed E-state index contributed by atoms with van der Waals surface area (Å²) in [5.41, 5.74) is 5.68. The Bertz CT molecular complexity index is 614. The van der Waals surface area contributed by atoms with Crippen LogP contribution in [0.5, 0.6) is 0 Å². The van der Waals surface area contributed by atoms with Crippen molar-refractivity contribution in [3.05, 3.63) is 50.7 Å². The number of benzene rings is 1. The second-order valence-electron chi connectivity index (χ2n) is 4.44. The van der Waals surface area contributed by atoms with Crippen molar-refractivity contribution in [2.75, 3.05) is 0 Å². The molecule has 108 valence electrons. The molecule has 1 atom stereocenters. The van der Waals surface area contributed by atoms with E-state index in [4.69, 9.17) is 5.73 Å². The molecule has 2 aromatic rings. The lowest BCUT2D eigenvalue weighted by molar-refractivity contribution is -0.137. The Morgan fingerprint density at radius 1 is 1.20 bits per heavy atom. The number of thiazole rings is 1. The molecule has 0 spiro atoms. The van der Waals surface area contributed by atoms with Crippen molar-refractivity contribution < 1.29 is 17.6 Å². The standard InChI is InChI=1S/C13H12F4N2S/c1-6-7(2)20-12(19-6)11(18)8-3-9(13(15,16)17)5-10(14)4-8/h3-5,11H,18H2,1-2H3. The minimum atomic E-state index is -4.61. The molecule has 0 radical (unpaired) electrons. The third kappa shape index (κ3) is 2.99. The molecule has 20 heavy (non-hydrogen) atoms. The Labute approximate surface area is 117 Å². The van der Waals surface area contributed by atoms with Gasteiger partial charge in [0.2, 0.25) is 0 Å². The average Bonchev–Trinajstić information content (AvgIpc) is 2.67. The summed E-state index contributed by atoms with van der Waals surface area (Å²) in [7, 11) is 0. The van der Waals surface area contributed by atoms with E-state index in [2.05, 4.69) is 4.98 Å². The van der Waals surface area contributed by atoms with Crippen LogP contribution in [-0.2, 0) is 6.18 Å². The van der Waals surface area contributed by atoms with Crippen LogP contribution in [-0.4, -0.2) is 4.98 Å². The molecule has 0 saturated carbocycles. The van der Waals surface area contributed by atoms with Gasteiger partial charge < -0.3 is 5.73 Å². The summed E-state index contributed by atoms with van der Waals surface area (Å²) >= 11 is 1.30. The monoisotopic (exact) mass is 304 g/mol. The molecule has 0 aliphatic rings. The Kier molecular flexibility index (Phi) is 3.84. The highest BCUT2D eigenvalue weighted by molar-refractivity contribution is 7.11. The third-order valence-corrected chi connectivity index (χ3v) is 4.07. The zero-order chi connectivity index (χ0) is 15.1. The number of alkyl halides is 3. The predicted octanol–water partition coefficient (Wildman–Crippen LogP) is 3.97. The first kappa shape index (κ1) is 14.9. The van der Waals surface area contributed by atoms with E-state index in [0.717, 1.165) is 22.7 Å². The SMILES string of the molecule is Cc1nc(C(N)c2cc(F)cc(C(F)(F)F)c2)sc1C. The molecule has 0 amide bonds. The second kappa shape index (κ2) is 5.14. The molecule has 1 unspecified atom stereocenters. The summed E-state index contributed by atoms with van der Waals surface area (Å²) in [5, 5.41) is 0.471. The number of nitrogens with two attached hydrogens (primary N) is 1. The average molecular weight is 304 g/mol. The number of halogens is 4. The van der Waals surface area contributed by atoms with Gasteiger partial charge in [-0.2, -0.15) is 13.2 Å². The minimum Gasteiger partial charge on any atom is -0.318 e. The van der Waals surface area contributed by atoms with Gasteiger partial charge in [-0.3, -0.25) is 0 Å². The van der Waals surface area contributed by atoms with E-state index < -0.39 is 23.6 Å². The molecule has 0 bridgehead atoms. The summed E-state index contributed by atoms with van der Waals surface area (Å²) in [4.78, 5) is 5.13. The summed E-state index contributed by atoms with van der Waals surface area (Å²) in [6.07, 6.45) is -4.61. The van der Waals surface area contributed by atoms with Crippen LogP contribution in [0.4, 0.5) is 17.6 Å². The van der Waals surface area contributed by atoms with Crippen molar-refractivity contribution in [2.24, 2.45) is 5.73 Å². The van der Waals surface area contributed by atoms with E-state index in [9.17, 15) is 17.6 Å². The Morgan fingerprint density at radius 2 is 1.85 bits per heavy atom. The molecule has 0 fully saturated rings. The van der Waals surface area contributed by atoms with E-state index in [1.165, 1.54) is 11.3 Å². The molecule has 1 aromatic carbocycles. The van der Waals surface area contributed by atoms with Gasteiger partial charge in [0.25, 0.3) is 0 Å². The van der Waals surface area contributed by atoms with Gasteiger partial charge in [0, 0.05) is 4.88 Å². The summed E-state index contributed by atoms with van der Waals surface area (Å²) in [6, 6.07) is 1.45. The molecule has 0 aliphatic carbocycles. The molecule has 2 N–H and O–H groups in total. The van der Waals surface area contributed by atoms with Gasteiger partial charge in [-0.15, -0.1) is 11.3 Å². The Morgan fingerprint density at radius 3 is 2.35 bits per heavy atom. The van der Waals surface area contributed by atoms with Crippen LogP contribution in [0.1, 0.15) is 32.7 Å². The quantitative estimate of drug-likeness (QED) is 0.853. The molecule has 0 aliphatic heterocycles. The molecule has 0 saturated heterocycles. The fourth-order valence-electron chi connectivity index (χ4n) is 1.73. The van der Waals surface area contributed by atoms with Gasteiger partial charge >= 0.3 is 6.18 Å². The lowest BCUT2D eigenvalue weighted by Crippen LogP contribution is -2.14. The highest BCUT2D eigenvalue weighted by Gasteiger charge is 2.32. The summed E-state index contributed by atoms with van der Waals surface area (Å²) in [5.74, 6) is -0.963. The smallest absolute Gasteiger partial charge is 0.318 e. The lowest BCUT2D eigenvalue weighted by Gasteiger charge is -2.13. The van der Waals surface area contributed by atoms with Crippen molar-refractivity contribution >= 4 is 11.3 Å². The van der Waals surface area contributed by atoms with Crippen LogP contribution in [0, 0.1) is 19.7 Å². The van der Waals surface area contributed by atoms with Gasteiger partial charge in [-0.1, -0.05) is 0 Å². The maximum atomic E-state index is 13.3. The molecule has 1 heterocycles. The highest BCUT2D eigenvalue weighted by atomic mass is 32.1. The Hall–Kier alpha value is -1.47. The van der Waals surface area contributed by atoms with Crippen LogP contribution in [0.15, 0.2) is 18.2 Å². The number of hydrogen-bond donors (Lipinski definition) is 1. The highest BCUT2D eigenvalue weighted by Crippen LogP contribution is 2.33. The van der Waals surface area contributed by atoms with E-state index >= 15 is 0 Å². The van der Waals surface area contributed by atoms with E-state index in [1.54, 1.807) is 6.92 Å². The number of nitrogens with zero attached hydrogens (tertiary/aromatic N) is 1. The van der Waals surface area contributed by atoms with Gasteiger partial charge in [-0.05, 0) is 37.6 Å².